The van der Waals surface area contributed by atoms with Crippen molar-refractivity contribution in [3.63, 3.8) is 0 Å². The van der Waals surface area contributed by atoms with Crippen LogP contribution in [0, 0.1) is 5.92 Å². The molecule has 1 aromatic heterocycles. The molecule has 1 saturated carbocycles. The maximum atomic E-state index is 8.92. The topological polar surface area (TPSA) is 49.2 Å². The molecule has 4 nitrogen and oxygen atoms in total. The number of aliphatic hydroxyl groups excluding tert-OH is 1. The molecular formula is C12H19N3O. The van der Waals surface area contributed by atoms with Gasteiger partial charge in [-0.3, -0.25) is 4.98 Å². The second-order valence-corrected chi connectivity index (χ2v) is 4.71. The number of hydrogen-bond donors (Lipinski definition) is 1. The first kappa shape index (κ1) is 11.3. The van der Waals surface area contributed by atoms with Gasteiger partial charge >= 0.3 is 0 Å². The van der Waals surface area contributed by atoms with E-state index in [0.717, 1.165) is 18.3 Å². The zero-order chi connectivity index (χ0) is 11.5. The molecule has 1 aliphatic carbocycles. The van der Waals surface area contributed by atoms with Crippen LogP contribution in [0.15, 0.2) is 12.4 Å². The van der Waals surface area contributed by atoms with Crippen LogP contribution in [0.5, 0.6) is 0 Å². The van der Waals surface area contributed by atoms with Gasteiger partial charge in [0.2, 0.25) is 0 Å². The Hall–Kier alpha value is -1.16. The van der Waals surface area contributed by atoms with Gasteiger partial charge in [-0.1, -0.05) is 0 Å². The fourth-order valence-electron chi connectivity index (χ4n) is 1.73. The first-order chi connectivity index (χ1) is 7.70. The maximum Gasteiger partial charge on any atom is 0.147 e. The van der Waals surface area contributed by atoms with E-state index in [2.05, 4.69) is 28.7 Å². The molecule has 0 bridgehead atoms. The van der Waals surface area contributed by atoms with Gasteiger partial charge in [-0.2, -0.15) is 0 Å². The molecule has 0 saturated heterocycles. The standard InChI is InChI=1S/C12H19N3O/c1-9(2)15(7-10-3-4-10)12-6-13-11(8-16)5-14-12/h5-6,9-10,16H,3-4,7-8H2,1-2H3. The lowest BCUT2D eigenvalue weighted by molar-refractivity contribution is 0.276. The van der Waals surface area contributed by atoms with Gasteiger partial charge < -0.3 is 10.0 Å². The number of aliphatic hydroxyl groups is 1. The number of aromatic nitrogens is 2. The van der Waals surface area contributed by atoms with Gasteiger partial charge in [0.05, 0.1) is 24.7 Å². The summed E-state index contributed by atoms with van der Waals surface area (Å²) >= 11 is 0. The van der Waals surface area contributed by atoms with Gasteiger partial charge in [0.15, 0.2) is 0 Å². The van der Waals surface area contributed by atoms with Crippen molar-refractivity contribution < 1.29 is 5.11 Å². The molecule has 16 heavy (non-hydrogen) atoms. The molecule has 2 rings (SSSR count). The quantitative estimate of drug-likeness (QED) is 0.820. The fraction of sp³-hybridized carbons (Fsp3) is 0.667. The van der Waals surface area contributed by atoms with E-state index in [-0.39, 0.29) is 6.61 Å². The van der Waals surface area contributed by atoms with Crippen LogP contribution >= 0.6 is 0 Å². The Labute approximate surface area is 96.3 Å². The smallest absolute Gasteiger partial charge is 0.147 e. The van der Waals surface area contributed by atoms with Gasteiger partial charge in [0.25, 0.3) is 0 Å². The third kappa shape index (κ3) is 2.70. The predicted molar refractivity (Wildman–Crippen MR) is 63.2 cm³/mol. The molecule has 1 aromatic rings. The zero-order valence-corrected chi connectivity index (χ0v) is 9.93. The fourth-order valence-corrected chi connectivity index (χ4v) is 1.73. The molecule has 1 N–H and O–H groups in total. The van der Waals surface area contributed by atoms with Crippen molar-refractivity contribution in [3.8, 4) is 0 Å². The van der Waals surface area contributed by atoms with Crippen molar-refractivity contribution >= 4 is 5.82 Å². The van der Waals surface area contributed by atoms with Gasteiger partial charge in [0.1, 0.15) is 5.82 Å². The Morgan fingerprint density at radius 2 is 2.12 bits per heavy atom. The third-order valence-corrected chi connectivity index (χ3v) is 2.92. The summed E-state index contributed by atoms with van der Waals surface area (Å²) in [5, 5.41) is 8.92. The second-order valence-electron chi connectivity index (χ2n) is 4.71. The molecule has 1 fully saturated rings. The first-order valence-electron chi connectivity index (χ1n) is 5.89. The highest BCUT2D eigenvalue weighted by Crippen LogP contribution is 2.31. The highest BCUT2D eigenvalue weighted by Gasteiger charge is 2.26. The Morgan fingerprint density at radius 1 is 1.38 bits per heavy atom. The van der Waals surface area contributed by atoms with E-state index in [4.69, 9.17) is 5.11 Å². The molecule has 4 heteroatoms. The zero-order valence-electron chi connectivity index (χ0n) is 9.93. The highest BCUT2D eigenvalue weighted by molar-refractivity contribution is 5.37. The first-order valence-corrected chi connectivity index (χ1v) is 5.89. The van der Waals surface area contributed by atoms with Crippen LogP contribution in [0.2, 0.25) is 0 Å². The molecule has 0 aliphatic heterocycles. The second kappa shape index (κ2) is 4.78. The van der Waals surface area contributed by atoms with Crippen molar-refractivity contribution in [2.75, 3.05) is 11.4 Å². The van der Waals surface area contributed by atoms with E-state index in [0.29, 0.717) is 11.7 Å². The molecule has 1 aliphatic rings. The molecule has 0 atom stereocenters. The van der Waals surface area contributed by atoms with E-state index >= 15 is 0 Å². The van der Waals surface area contributed by atoms with Crippen molar-refractivity contribution in [2.24, 2.45) is 5.92 Å². The summed E-state index contributed by atoms with van der Waals surface area (Å²) in [7, 11) is 0. The summed E-state index contributed by atoms with van der Waals surface area (Å²) in [5.41, 5.74) is 0.624. The van der Waals surface area contributed by atoms with Crippen LogP contribution in [0.25, 0.3) is 0 Å². The molecule has 0 spiro atoms. The Kier molecular flexibility index (Phi) is 3.39. The minimum Gasteiger partial charge on any atom is -0.390 e. The largest absolute Gasteiger partial charge is 0.390 e. The van der Waals surface area contributed by atoms with Gasteiger partial charge in [-0.25, -0.2) is 4.98 Å². The lowest BCUT2D eigenvalue weighted by Crippen LogP contribution is -2.33. The van der Waals surface area contributed by atoms with Crippen LogP contribution in [0.1, 0.15) is 32.4 Å². The maximum absolute atomic E-state index is 8.92. The summed E-state index contributed by atoms with van der Waals surface area (Å²) in [6.07, 6.45) is 6.09. The lowest BCUT2D eigenvalue weighted by atomic mass is 10.2. The molecule has 0 unspecified atom stereocenters. The van der Waals surface area contributed by atoms with E-state index in [1.807, 2.05) is 0 Å². The summed E-state index contributed by atoms with van der Waals surface area (Å²) in [6.45, 7) is 5.37. The Bertz CT molecular complexity index is 333. The van der Waals surface area contributed by atoms with Crippen LogP contribution in [-0.4, -0.2) is 27.7 Å². The molecule has 0 amide bonds. The van der Waals surface area contributed by atoms with Gasteiger partial charge in [-0.05, 0) is 32.6 Å². The Balaban J connectivity index is 2.10. The minimum atomic E-state index is -0.0441. The minimum absolute atomic E-state index is 0.0441. The van der Waals surface area contributed by atoms with Crippen molar-refractivity contribution in [1.29, 1.82) is 0 Å². The van der Waals surface area contributed by atoms with Crippen molar-refractivity contribution in [1.82, 2.24) is 9.97 Å². The van der Waals surface area contributed by atoms with Gasteiger partial charge in [-0.15, -0.1) is 0 Å². The number of anilines is 1. The molecule has 88 valence electrons. The molecular weight excluding hydrogens is 202 g/mol. The summed E-state index contributed by atoms with van der Waals surface area (Å²) in [6, 6.07) is 0.440. The average molecular weight is 221 g/mol. The van der Waals surface area contributed by atoms with E-state index in [1.165, 1.54) is 12.8 Å². The number of hydrogen-bond acceptors (Lipinski definition) is 4. The van der Waals surface area contributed by atoms with E-state index < -0.39 is 0 Å². The molecule has 0 radical (unpaired) electrons. The summed E-state index contributed by atoms with van der Waals surface area (Å²) in [5.74, 6) is 1.75. The average Bonchev–Trinajstić information content (AvgIpc) is 3.09. The van der Waals surface area contributed by atoms with E-state index in [9.17, 15) is 0 Å². The van der Waals surface area contributed by atoms with Gasteiger partial charge in [0, 0.05) is 12.6 Å². The number of nitrogens with zero attached hydrogens (tertiary/aromatic N) is 3. The summed E-state index contributed by atoms with van der Waals surface area (Å²) in [4.78, 5) is 10.8. The van der Waals surface area contributed by atoms with Crippen molar-refractivity contribution in [3.05, 3.63) is 18.1 Å². The number of rotatable bonds is 5. The van der Waals surface area contributed by atoms with E-state index in [1.54, 1.807) is 12.4 Å². The van der Waals surface area contributed by atoms with Crippen LogP contribution < -0.4 is 4.90 Å². The van der Waals surface area contributed by atoms with Crippen LogP contribution in [-0.2, 0) is 6.61 Å². The highest BCUT2D eigenvalue weighted by atomic mass is 16.3. The third-order valence-electron chi connectivity index (χ3n) is 2.92. The summed E-state index contributed by atoms with van der Waals surface area (Å²) < 4.78 is 0. The molecule has 0 aromatic carbocycles. The SMILES string of the molecule is CC(C)N(CC1CC1)c1cnc(CO)cn1. The van der Waals surface area contributed by atoms with Crippen molar-refractivity contribution in [2.45, 2.75) is 39.3 Å². The Morgan fingerprint density at radius 3 is 2.56 bits per heavy atom. The predicted octanol–water partition coefficient (Wildman–Crippen LogP) is 1.59. The van der Waals surface area contributed by atoms with Crippen LogP contribution in [0.3, 0.4) is 0 Å². The molecule has 1 heterocycles. The van der Waals surface area contributed by atoms with Crippen LogP contribution in [0.4, 0.5) is 5.82 Å². The monoisotopic (exact) mass is 221 g/mol. The normalized spacial score (nSPS) is 15.5. The lowest BCUT2D eigenvalue weighted by Gasteiger charge is -2.27.